The summed E-state index contributed by atoms with van der Waals surface area (Å²) in [5.41, 5.74) is 11.5. The van der Waals surface area contributed by atoms with E-state index in [2.05, 4.69) is 155 Å². The third-order valence-corrected chi connectivity index (χ3v) is 11.7. The summed E-state index contributed by atoms with van der Waals surface area (Å²) in [6.45, 7) is 0. The lowest BCUT2D eigenvalue weighted by atomic mass is 9.95. The van der Waals surface area contributed by atoms with E-state index in [9.17, 15) is 0 Å². The molecule has 13 aromatic rings. The summed E-state index contributed by atoms with van der Waals surface area (Å²) >= 11 is 0. The predicted molar refractivity (Wildman–Crippen MR) is 236 cm³/mol. The Morgan fingerprint density at radius 3 is 1.52 bits per heavy atom. The predicted octanol–water partition coefficient (Wildman–Crippen LogP) is 13.8. The molecule has 0 atom stereocenters. The molecule has 4 heterocycles. The highest BCUT2D eigenvalue weighted by atomic mass is 16.3. The molecule has 0 unspecified atom stereocenters. The number of fused-ring (bicyclic) bond motifs is 13. The van der Waals surface area contributed by atoms with Crippen molar-refractivity contribution in [2.24, 2.45) is 0 Å². The molecule has 0 spiro atoms. The zero-order chi connectivity index (χ0) is 37.9. The number of nitrogens with zero attached hydrogens (tertiary/aromatic N) is 4. The smallest absolute Gasteiger partial charge is 0.145 e. The van der Waals surface area contributed by atoms with Gasteiger partial charge in [-0.2, -0.15) is 0 Å². The molecule has 58 heavy (non-hydrogen) atoms. The van der Waals surface area contributed by atoms with Crippen LogP contribution in [0.5, 0.6) is 0 Å². The number of rotatable bonds is 4. The first kappa shape index (κ1) is 31.3. The van der Waals surface area contributed by atoms with Crippen LogP contribution in [-0.4, -0.2) is 19.1 Å². The zero-order valence-electron chi connectivity index (χ0n) is 30.9. The standard InChI is InChI=1S/C52H30N4O2/c1-3-13-31(14-4-1)51-53-42-18-8-10-20-44(42)55(51)33-23-25-35-36-26-24-34(56-45-21-11-9-19-43(45)54-52(56)32-15-5-2-6-16-32)28-40(36)50-49(39(35)27-33)41-30-47-38(29-48(41)58-50)37-17-7-12-22-46(37)57-47/h1-30H. The van der Waals surface area contributed by atoms with Crippen molar-refractivity contribution in [3.63, 3.8) is 0 Å². The minimum absolute atomic E-state index is 0.815. The Kier molecular flexibility index (Phi) is 6.35. The SMILES string of the molecule is c1ccc(-c2nc3ccccc3n2-c2ccc3c4ccc(-n5c(-c6ccccc6)nc6ccccc65)cc4c4c5cc6oc7ccccc7c6cc5oc4c3c2)cc1. The van der Waals surface area contributed by atoms with Crippen molar-refractivity contribution < 1.29 is 8.83 Å². The number of imidazole rings is 2. The Balaban J connectivity index is 1.14. The summed E-state index contributed by atoms with van der Waals surface area (Å²) < 4.78 is 18.1. The van der Waals surface area contributed by atoms with E-state index in [1.54, 1.807) is 0 Å². The highest BCUT2D eigenvalue weighted by molar-refractivity contribution is 6.31. The molecule has 0 N–H and O–H groups in total. The molecule has 4 aromatic heterocycles. The molecule has 0 saturated heterocycles. The van der Waals surface area contributed by atoms with Crippen LogP contribution in [0.3, 0.4) is 0 Å². The van der Waals surface area contributed by atoms with Crippen LogP contribution in [0.25, 0.3) is 122 Å². The van der Waals surface area contributed by atoms with Gasteiger partial charge in [-0.15, -0.1) is 0 Å². The molecule has 0 aliphatic carbocycles. The van der Waals surface area contributed by atoms with Crippen LogP contribution in [0.1, 0.15) is 0 Å². The molecule has 0 saturated carbocycles. The molecule has 270 valence electrons. The molecule has 0 aliphatic heterocycles. The van der Waals surface area contributed by atoms with E-state index in [1.807, 2.05) is 36.4 Å². The van der Waals surface area contributed by atoms with Crippen molar-refractivity contribution in [2.45, 2.75) is 0 Å². The summed E-state index contributed by atoms with van der Waals surface area (Å²) in [5.74, 6) is 1.78. The van der Waals surface area contributed by atoms with Gasteiger partial charge in [0.2, 0.25) is 0 Å². The molecule has 0 bridgehead atoms. The second kappa shape index (κ2) is 11.8. The average Bonchev–Trinajstić information content (AvgIpc) is 4.06. The van der Waals surface area contributed by atoms with E-state index < -0.39 is 0 Å². The van der Waals surface area contributed by atoms with Gasteiger partial charge in [-0.25, -0.2) is 9.97 Å². The first-order valence-electron chi connectivity index (χ1n) is 19.5. The van der Waals surface area contributed by atoms with E-state index >= 15 is 0 Å². The van der Waals surface area contributed by atoms with Gasteiger partial charge in [-0.05, 0) is 82.9 Å². The van der Waals surface area contributed by atoms with E-state index in [4.69, 9.17) is 18.8 Å². The number of hydrogen-bond donors (Lipinski definition) is 0. The minimum atomic E-state index is 0.815. The molecular weight excluding hydrogens is 713 g/mol. The van der Waals surface area contributed by atoms with Gasteiger partial charge in [0.05, 0.1) is 22.1 Å². The monoisotopic (exact) mass is 742 g/mol. The molecule has 0 amide bonds. The average molecular weight is 743 g/mol. The van der Waals surface area contributed by atoms with Gasteiger partial charge in [-0.3, -0.25) is 9.13 Å². The fourth-order valence-corrected chi connectivity index (χ4v) is 9.12. The van der Waals surface area contributed by atoms with Crippen molar-refractivity contribution in [1.29, 1.82) is 0 Å². The van der Waals surface area contributed by atoms with E-state index in [0.717, 1.165) is 122 Å². The molecule has 9 aromatic carbocycles. The highest BCUT2D eigenvalue weighted by Crippen LogP contribution is 2.45. The zero-order valence-corrected chi connectivity index (χ0v) is 30.9. The van der Waals surface area contributed by atoms with Crippen molar-refractivity contribution in [2.75, 3.05) is 0 Å². The van der Waals surface area contributed by atoms with Gasteiger partial charge in [0, 0.05) is 49.4 Å². The maximum Gasteiger partial charge on any atom is 0.145 e. The van der Waals surface area contributed by atoms with Crippen LogP contribution < -0.4 is 0 Å². The van der Waals surface area contributed by atoms with Crippen molar-refractivity contribution >= 4 is 87.5 Å². The van der Waals surface area contributed by atoms with Gasteiger partial charge in [-0.1, -0.05) is 115 Å². The van der Waals surface area contributed by atoms with Crippen LogP contribution in [0, 0.1) is 0 Å². The maximum absolute atomic E-state index is 7.08. The normalized spacial score (nSPS) is 12.1. The van der Waals surface area contributed by atoms with E-state index in [0.29, 0.717) is 0 Å². The third-order valence-electron chi connectivity index (χ3n) is 11.7. The fraction of sp³-hybridized carbons (Fsp3) is 0. The molecule has 0 aliphatic rings. The Morgan fingerprint density at radius 1 is 0.345 bits per heavy atom. The first-order valence-corrected chi connectivity index (χ1v) is 19.5. The van der Waals surface area contributed by atoms with Crippen LogP contribution in [0.15, 0.2) is 191 Å². The van der Waals surface area contributed by atoms with Gasteiger partial charge in [0.25, 0.3) is 0 Å². The molecule has 0 radical (unpaired) electrons. The second-order valence-corrected chi connectivity index (χ2v) is 15.0. The lowest BCUT2D eigenvalue weighted by Gasteiger charge is -2.14. The van der Waals surface area contributed by atoms with Crippen molar-refractivity contribution in [1.82, 2.24) is 19.1 Å². The molecule has 13 rings (SSSR count). The Bertz CT molecular complexity index is 3800. The molecule has 0 fully saturated rings. The Hall–Kier alpha value is -7.96. The molecular formula is C52H30N4O2. The third kappa shape index (κ3) is 4.42. The van der Waals surface area contributed by atoms with Gasteiger partial charge in [0.15, 0.2) is 0 Å². The van der Waals surface area contributed by atoms with E-state index in [1.165, 1.54) is 0 Å². The van der Waals surface area contributed by atoms with E-state index in [-0.39, 0.29) is 0 Å². The molecule has 6 heteroatoms. The van der Waals surface area contributed by atoms with Crippen molar-refractivity contribution in [3.8, 4) is 34.2 Å². The second-order valence-electron chi connectivity index (χ2n) is 15.0. The van der Waals surface area contributed by atoms with Crippen LogP contribution in [0.4, 0.5) is 0 Å². The Labute approximate surface area is 330 Å². The number of para-hydroxylation sites is 5. The van der Waals surface area contributed by atoms with Gasteiger partial charge < -0.3 is 8.83 Å². The largest absolute Gasteiger partial charge is 0.456 e. The minimum Gasteiger partial charge on any atom is -0.456 e. The quantitative estimate of drug-likeness (QED) is 0.168. The first-order chi connectivity index (χ1) is 28.7. The molecule has 6 nitrogen and oxygen atoms in total. The summed E-state index contributed by atoms with van der Waals surface area (Å²) in [5, 5.41) is 8.52. The van der Waals surface area contributed by atoms with Crippen molar-refractivity contribution in [3.05, 3.63) is 182 Å². The topological polar surface area (TPSA) is 61.9 Å². The number of hydrogen-bond acceptors (Lipinski definition) is 4. The summed E-state index contributed by atoms with van der Waals surface area (Å²) in [7, 11) is 0. The lowest BCUT2D eigenvalue weighted by Crippen LogP contribution is -1.99. The van der Waals surface area contributed by atoms with Crippen LogP contribution in [-0.2, 0) is 0 Å². The van der Waals surface area contributed by atoms with Gasteiger partial charge >= 0.3 is 0 Å². The van der Waals surface area contributed by atoms with Crippen LogP contribution in [0.2, 0.25) is 0 Å². The highest BCUT2D eigenvalue weighted by Gasteiger charge is 2.22. The number of benzene rings is 9. The fourth-order valence-electron chi connectivity index (χ4n) is 9.12. The number of furan rings is 2. The number of aromatic nitrogens is 4. The summed E-state index contributed by atoms with van der Waals surface area (Å²) in [6, 6.07) is 63.5. The van der Waals surface area contributed by atoms with Gasteiger partial charge in [0.1, 0.15) is 34.0 Å². The maximum atomic E-state index is 7.08. The Morgan fingerprint density at radius 2 is 0.862 bits per heavy atom. The lowest BCUT2D eigenvalue weighted by molar-refractivity contribution is 0.665. The van der Waals surface area contributed by atoms with Crippen LogP contribution >= 0.6 is 0 Å². The summed E-state index contributed by atoms with van der Waals surface area (Å²) in [6.07, 6.45) is 0. The summed E-state index contributed by atoms with van der Waals surface area (Å²) in [4.78, 5) is 10.3.